The van der Waals surface area contributed by atoms with Gasteiger partial charge in [-0.1, -0.05) is 30.3 Å². The summed E-state index contributed by atoms with van der Waals surface area (Å²) < 4.78 is 0. The molecule has 0 radical (unpaired) electrons. The lowest BCUT2D eigenvalue weighted by Crippen LogP contribution is -2.42. The molecule has 2 amide bonds. The number of rotatable bonds is 6. The molecule has 1 atom stereocenters. The SMILES string of the molecule is CNCC1CCN(C(=O)CC(NC(C)=O)c2ccccc2)CC1. The zero-order chi connectivity index (χ0) is 16.7. The minimum Gasteiger partial charge on any atom is -0.349 e. The number of hydrogen-bond donors (Lipinski definition) is 2. The van der Waals surface area contributed by atoms with Crippen LogP contribution in [0.2, 0.25) is 0 Å². The van der Waals surface area contributed by atoms with Gasteiger partial charge in [-0.3, -0.25) is 9.59 Å². The number of likely N-dealkylation sites (tertiary alicyclic amines) is 1. The monoisotopic (exact) mass is 317 g/mol. The Balaban J connectivity index is 1.94. The van der Waals surface area contributed by atoms with Gasteiger partial charge in [0.05, 0.1) is 12.5 Å². The summed E-state index contributed by atoms with van der Waals surface area (Å²) in [6.07, 6.45) is 2.41. The third kappa shape index (κ3) is 5.36. The Labute approximate surface area is 138 Å². The van der Waals surface area contributed by atoms with Crippen LogP contribution in [0.15, 0.2) is 30.3 Å². The van der Waals surface area contributed by atoms with E-state index in [4.69, 9.17) is 0 Å². The highest BCUT2D eigenvalue weighted by Crippen LogP contribution is 2.21. The fourth-order valence-electron chi connectivity index (χ4n) is 3.16. The third-order valence-electron chi connectivity index (χ3n) is 4.42. The summed E-state index contributed by atoms with van der Waals surface area (Å²) in [5.41, 5.74) is 0.973. The summed E-state index contributed by atoms with van der Waals surface area (Å²) in [4.78, 5) is 26.0. The van der Waals surface area contributed by atoms with Crippen LogP contribution in [0.25, 0.3) is 0 Å². The first-order valence-corrected chi connectivity index (χ1v) is 8.34. The van der Waals surface area contributed by atoms with Crippen LogP contribution >= 0.6 is 0 Å². The van der Waals surface area contributed by atoms with Crippen molar-refractivity contribution in [2.75, 3.05) is 26.7 Å². The van der Waals surface area contributed by atoms with Crippen LogP contribution in [0.3, 0.4) is 0 Å². The maximum Gasteiger partial charge on any atom is 0.224 e. The summed E-state index contributed by atoms with van der Waals surface area (Å²) in [6, 6.07) is 9.44. The van der Waals surface area contributed by atoms with Crippen molar-refractivity contribution < 1.29 is 9.59 Å². The molecule has 2 rings (SSSR count). The Kier molecular flexibility index (Phi) is 6.59. The highest BCUT2D eigenvalue weighted by atomic mass is 16.2. The van der Waals surface area contributed by atoms with Gasteiger partial charge in [-0.05, 0) is 37.9 Å². The smallest absolute Gasteiger partial charge is 0.224 e. The second-order valence-corrected chi connectivity index (χ2v) is 6.25. The summed E-state index contributed by atoms with van der Waals surface area (Å²) in [5.74, 6) is 0.666. The lowest BCUT2D eigenvalue weighted by Gasteiger charge is -2.33. The minimum atomic E-state index is -0.253. The molecule has 23 heavy (non-hydrogen) atoms. The predicted octanol–water partition coefficient (Wildman–Crippen LogP) is 1.71. The number of hydrogen-bond acceptors (Lipinski definition) is 3. The molecule has 0 aliphatic carbocycles. The maximum absolute atomic E-state index is 12.6. The summed E-state index contributed by atoms with van der Waals surface area (Å²) in [5, 5.41) is 6.10. The number of carbonyl (C=O) groups excluding carboxylic acids is 2. The van der Waals surface area contributed by atoms with Crippen molar-refractivity contribution in [3.8, 4) is 0 Å². The van der Waals surface area contributed by atoms with Crippen molar-refractivity contribution in [3.05, 3.63) is 35.9 Å². The van der Waals surface area contributed by atoms with Gasteiger partial charge in [-0.2, -0.15) is 0 Å². The first kappa shape index (κ1) is 17.5. The summed E-state index contributed by atoms with van der Waals surface area (Å²) in [6.45, 7) is 4.13. The number of amides is 2. The van der Waals surface area contributed by atoms with Crippen molar-refractivity contribution in [1.82, 2.24) is 15.5 Å². The molecule has 0 saturated carbocycles. The van der Waals surface area contributed by atoms with Crippen LogP contribution in [-0.2, 0) is 9.59 Å². The van der Waals surface area contributed by atoms with Gasteiger partial charge in [-0.15, -0.1) is 0 Å². The molecule has 2 N–H and O–H groups in total. The first-order chi connectivity index (χ1) is 11.1. The van der Waals surface area contributed by atoms with E-state index < -0.39 is 0 Å². The van der Waals surface area contributed by atoms with Crippen LogP contribution in [0, 0.1) is 5.92 Å². The van der Waals surface area contributed by atoms with Crippen LogP contribution < -0.4 is 10.6 Å². The van der Waals surface area contributed by atoms with Gasteiger partial charge in [0.15, 0.2) is 0 Å². The second kappa shape index (κ2) is 8.67. The molecule has 1 saturated heterocycles. The minimum absolute atomic E-state index is 0.112. The second-order valence-electron chi connectivity index (χ2n) is 6.25. The topological polar surface area (TPSA) is 61.4 Å². The molecule has 0 bridgehead atoms. The molecule has 1 aliphatic heterocycles. The van der Waals surface area contributed by atoms with E-state index in [1.165, 1.54) is 6.92 Å². The molecule has 1 aromatic carbocycles. The first-order valence-electron chi connectivity index (χ1n) is 8.34. The average Bonchev–Trinajstić information content (AvgIpc) is 2.55. The fourth-order valence-corrected chi connectivity index (χ4v) is 3.16. The molecule has 1 fully saturated rings. The zero-order valence-corrected chi connectivity index (χ0v) is 14.0. The van der Waals surface area contributed by atoms with Crippen molar-refractivity contribution in [2.24, 2.45) is 5.92 Å². The Bertz CT molecular complexity index is 510. The van der Waals surface area contributed by atoms with E-state index in [0.717, 1.165) is 38.0 Å². The Hall–Kier alpha value is -1.88. The molecule has 0 spiro atoms. The van der Waals surface area contributed by atoms with Gasteiger partial charge < -0.3 is 15.5 Å². The van der Waals surface area contributed by atoms with E-state index >= 15 is 0 Å². The maximum atomic E-state index is 12.6. The van der Waals surface area contributed by atoms with Gasteiger partial charge in [-0.25, -0.2) is 0 Å². The Morgan fingerprint density at radius 2 is 1.87 bits per heavy atom. The van der Waals surface area contributed by atoms with E-state index in [0.29, 0.717) is 12.3 Å². The summed E-state index contributed by atoms with van der Waals surface area (Å²) >= 11 is 0. The molecule has 1 aromatic rings. The fraction of sp³-hybridized carbons (Fsp3) is 0.556. The lowest BCUT2D eigenvalue weighted by molar-refractivity contribution is -0.133. The van der Waals surface area contributed by atoms with Crippen molar-refractivity contribution in [1.29, 1.82) is 0 Å². The van der Waals surface area contributed by atoms with E-state index in [2.05, 4.69) is 10.6 Å². The molecular formula is C18H27N3O2. The summed E-state index contributed by atoms with van der Waals surface area (Å²) in [7, 11) is 1.97. The number of carbonyl (C=O) groups is 2. The van der Waals surface area contributed by atoms with Crippen LogP contribution in [0.1, 0.15) is 37.8 Å². The molecule has 126 valence electrons. The Morgan fingerprint density at radius 1 is 1.22 bits per heavy atom. The van der Waals surface area contributed by atoms with E-state index in [1.54, 1.807) is 0 Å². The van der Waals surface area contributed by atoms with Gasteiger partial charge in [0.2, 0.25) is 11.8 Å². The molecule has 5 nitrogen and oxygen atoms in total. The molecule has 1 aliphatic rings. The quantitative estimate of drug-likeness (QED) is 0.840. The number of nitrogens with zero attached hydrogens (tertiary/aromatic N) is 1. The number of piperidine rings is 1. The normalized spacial score (nSPS) is 16.9. The van der Waals surface area contributed by atoms with Gasteiger partial charge in [0.25, 0.3) is 0 Å². The third-order valence-corrected chi connectivity index (χ3v) is 4.42. The van der Waals surface area contributed by atoms with Crippen LogP contribution in [0.5, 0.6) is 0 Å². The van der Waals surface area contributed by atoms with Crippen LogP contribution in [-0.4, -0.2) is 43.4 Å². The van der Waals surface area contributed by atoms with Crippen molar-refractivity contribution in [2.45, 2.75) is 32.2 Å². The van der Waals surface area contributed by atoms with Crippen LogP contribution in [0.4, 0.5) is 0 Å². The highest BCUT2D eigenvalue weighted by molar-refractivity contribution is 5.79. The molecule has 1 unspecified atom stereocenters. The average molecular weight is 317 g/mol. The van der Waals surface area contributed by atoms with E-state index in [1.807, 2.05) is 42.3 Å². The Morgan fingerprint density at radius 3 is 2.43 bits per heavy atom. The molecule has 1 heterocycles. The number of benzene rings is 1. The predicted molar refractivity (Wildman–Crippen MR) is 90.8 cm³/mol. The largest absolute Gasteiger partial charge is 0.349 e. The van der Waals surface area contributed by atoms with Gasteiger partial charge in [0.1, 0.15) is 0 Å². The number of nitrogens with one attached hydrogen (secondary N) is 2. The van der Waals surface area contributed by atoms with E-state index in [9.17, 15) is 9.59 Å². The van der Waals surface area contributed by atoms with Gasteiger partial charge in [0, 0.05) is 20.0 Å². The van der Waals surface area contributed by atoms with Crippen molar-refractivity contribution in [3.63, 3.8) is 0 Å². The van der Waals surface area contributed by atoms with E-state index in [-0.39, 0.29) is 17.9 Å². The lowest BCUT2D eigenvalue weighted by atomic mass is 9.96. The van der Waals surface area contributed by atoms with Crippen molar-refractivity contribution >= 4 is 11.8 Å². The van der Waals surface area contributed by atoms with Gasteiger partial charge >= 0.3 is 0 Å². The highest BCUT2D eigenvalue weighted by Gasteiger charge is 2.25. The molecule has 5 heteroatoms. The zero-order valence-electron chi connectivity index (χ0n) is 14.0. The molecular weight excluding hydrogens is 290 g/mol. The molecule has 0 aromatic heterocycles. The standard InChI is InChI=1S/C18H27N3O2/c1-14(22)20-17(16-6-4-3-5-7-16)12-18(23)21-10-8-15(9-11-21)13-19-2/h3-7,15,17,19H,8-13H2,1-2H3,(H,20,22).